The highest BCUT2D eigenvalue weighted by Crippen LogP contribution is 2.45. The van der Waals surface area contributed by atoms with Gasteiger partial charge in [0.2, 0.25) is 0 Å². The number of fused-ring (bicyclic) bond motifs is 2. The standard InChI is InChI=1S/C23H25NO2/c25-16-4-13-24-14-11-23(12-15-24)18-26-22-17-20(9-10-21(22)23)8-7-19-5-2-1-3-6-19/h1-3,5-10,16-17H,4,11-15,18H2/b8-7+. The van der Waals surface area contributed by atoms with Crippen molar-refractivity contribution in [2.75, 3.05) is 26.2 Å². The van der Waals surface area contributed by atoms with Gasteiger partial charge in [-0.2, -0.15) is 0 Å². The molecule has 2 aromatic rings. The summed E-state index contributed by atoms with van der Waals surface area (Å²) in [6, 6.07) is 17.0. The first-order valence-corrected chi connectivity index (χ1v) is 9.46. The van der Waals surface area contributed by atoms with Gasteiger partial charge in [-0.05, 0) is 43.1 Å². The van der Waals surface area contributed by atoms with Crippen molar-refractivity contribution < 1.29 is 9.53 Å². The van der Waals surface area contributed by atoms with Gasteiger partial charge in [0.15, 0.2) is 0 Å². The normalized spacial score (nSPS) is 18.8. The van der Waals surface area contributed by atoms with E-state index in [1.807, 2.05) is 6.07 Å². The van der Waals surface area contributed by atoms with Crippen LogP contribution in [0.25, 0.3) is 12.2 Å². The zero-order valence-electron chi connectivity index (χ0n) is 15.1. The number of ether oxygens (including phenoxy) is 1. The molecule has 0 bridgehead atoms. The second-order valence-corrected chi connectivity index (χ2v) is 7.37. The Labute approximate surface area is 155 Å². The van der Waals surface area contributed by atoms with Gasteiger partial charge in [-0.3, -0.25) is 0 Å². The number of hydrogen-bond acceptors (Lipinski definition) is 3. The van der Waals surface area contributed by atoms with Crippen molar-refractivity contribution in [1.82, 2.24) is 4.90 Å². The van der Waals surface area contributed by atoms with Gasteiger partial charge in [0.1, 0.15) is 12.0 Å². The number of aldehydes is 1. The molecule has 2 aromatic carbocycles. The lowest BCUT2D eigenvalue weighted by molar-refractivity contribution is -0.108. The summed E-state index contributed by atoms with van der Waals surface area (Å²) < 4.78 is 6.09. The van der Waals surface area contributed by atoms with Crippen LogP contribution in [0.1, 0.15) is 36.0 Å². The first kappa shape index (κ1) is 17.0. The lowest BCUT2D eigenvalue weighted by Gasteiger charge is -2.38. The minimum absolute atomic E-state index is 0.161. The molecule has 0 radical (unpaired) electrons. The highest BCUT2D eigenvalue weighted by molar-refractivity contribution is 5.71. The van der Waals surface area contributed by atoms with Crippen molar-refractivity contribution in [1.29, 1.82) is 0 Å². The highest BCUT2D eigenvalue weighted by Gasteiger charge is 2.42. The number of hydrogen-bond donors (Lipinski definition) is 0. The Bertz CT molecular complexity index is 789. The molecule has 1 spiro atoms. The van der Waals surface area contributed by atoms with Crippen LogP contribution in [0, 0.1) is 0 Å². The Balaban J connectivity index is 1.47. The third kappa shape index (κ3) is 3.45. The van der Waals surface area contributed by atoms with E-state index in [0.717, 1.165) is 51.1 Å². The summed E-state index contributed by atoms with van der Waals surface area (Å²) in [6.07, 6.45) is 8.15. The molecule has 26 heavy (non-hydrogen) atoms. The molecule has 134 valence electrons. The average Bonchev–Trinajstić information content (AvgIpc) is 3.04. The van der Waals surface area contributed by atoms with E-state index < -0.39 is 0 Å². The Hall–Kier alpha value is -2.39. The van der Waals surface area contributed by atoms with Crippen molar-refractivity contribution in [3.05, 3.63) is 65.2 Å². The summed E-state index contributed by atoms with van der Waals surface area (Å²) in [6.45, 7) is 3.77. The number of carbonyl (C=O) groups excluding carboxylic acids is 1. The van der Waals surface area contributed by atoms with Gasteiger partial charge in [0.25, 0.3) is 0 Å². The third-order valence-corrected chi connectivity index (χ3v) is 5.73. The maximum atomic E-state index is 10.6. The number of nitrogens with zero attached hydrogens (tertiary/aromatic N) is 1. The maximum Gasteiger partial charge on any atom is 0.123 e. The second kappa shape index (κ2) is 7.46. The molecule has 0 amide bonds. The minimum atomic E-state index is 0.161. The second-order valence-electron chi connectivity index (χ2n) is 7.37. The van der Waals surface area contributed by atoms with E-state index in [-0.39, 0.29) is 5.41 Å². The van der Waals surface area contributed by atoms with Gasteiger partial charge >= 0.3 is 0 Å². The van der Waals surface area contributed by atoms with Gasteiger partial charge in [-0.15, -0.1) is 0 Å². The van der Waals surface area contributed by atoms with Crippen LogP contribution >= 0.6 is 0 Å². The SMILES string of the molecule is O=CCCN1CCC2(CC1)COc1cc(/C=C/c3ccccc3)ccc12. The molecule has 2 aliphatic heterocycles. The molecule has 2 heterocycles. The fourth-order valence-corrected chi connectivity index (χ4v) is 4.10. The molecule has 0 saturated carbocycles. The predicted octanol–water partition coefficient (Wildman–Crippen LogP) is 4.17. The summed E-state index contributed by atoms with van der Waals surface area (Å²) in [4.78, 5) is 13.0. The smallest absolute Gasteiger partial charge is 0.123 e. The molecule has 1 saturated heterocycles. The molecule has 1 fully saturated rings. The van der Waals surface area contributed by atoms with Crippen molar-refractivity contribution >= 4 is 18.4 Å². The van der Waals surface area contributed by atoms with E-state index in [4.69, 9.17) is 4.74 Å². The van der Waals surface area contributed by atoms with E-state index in [1.54, 1.807) is 0 Å². The lowest BCUT2D eigenvalue weighted by atomic mass is 9.74. The molecular weight excluding hydrogens is 322 g/mol. The third-order valence-electron chi connectivity index (χ3n) is 5.73. The lowest BCUT2D eigenvalue weighted by Crippen LogP contribution is -2.43. The molecular formula is C23H25NO2. The Kier molecular flexibility index (Phi) is 4.89. The average molecular weight is 347 g/mol. The quantitative estimate of drug-likeness (QED) is 0.600. The summed E-state index contributed by atoms with van der Waals surface area (Å²) in [7, 11) is 0. The summed E-state index contributed by atoms with van der Waals surface area (Å²) in [5, 5.41) is 0. The Morgan fingerprint density at radius 2 is 1.77 bits per heavy atom. The van der Waals surface area contributed by atoms with E-state index in [1.165, 1.54) is 16.7 Å². The van der Waals surface area contributed by atoms with Crippen LogP contribution in [-0.4, -0.2) is 37.4 Å². The number of piperidine rings is 1. The van der Waals surface area contributed by atoms with Gasteiger partial charge in [-0.1, -0.05) is 54.6 Å². The number of likely N-dealkylation sites (tertiary alicyclic amines) is 1. The molecule has 0 unspecified atom stereocenters. The number of rotatable bonds is 5. The van der Waals surface area contributed by atoms with Crippen LogP contribution in [-0.2, 0) is 10.2 Å². The fourth-order valence-electron chi connectivity index (χ4n) is 4.10. The van der Waals surface area contributed by atoms with Gasteiger partial charge in [-0.25, -0.2) is 0 Å². The molecule has 4 rings (SSSR count). The van der Waals surface area contributed by atoms with Crippen LogP contribution in [0.15, 0.2) is 48.5 Å². The van der Waals surface area contributed by atoms with E-state index in [0.29, 0.717) is 6.42 Å². The fraction of sp³-hybridized carbons (Fsp3) is 0.348. The number of benzene rings is 2. The predicted molar refractivity (Wildman–Crippen MR) is 105 cm³/mol. The van der Waals surface area contributed by atoms with Crippen LogP contribution < -0.4 is 4.74 Å². The van der Waals surface area contributed by atoms with Crippen molar-refractivity contribution in [3.8, 4) is 5.75 Å². The van der Waals surface area contributed by atoms with Gasteiger partial charge < -0.3 is 14.4 Å². The summed E-state index contributed by atoms with van der Waals surface area (Å²) >= 11 is 0. The maximum absolute atomic E-state index is 10.6. The van der Waals surface area contributed by atoms with Crippen LogP contribution in [0.5, 0.6) is 5.75 Å². The molecule has 2 aliphatic rings. The highest BCUT2D eigenvalue weighted by atomic mass is 16.5. The molecule has 0 atom stereocenters. The molecule has 0 aliphatic carbocycles. The number of carbonyl (C=O) groups is 1. The van der Waals surface area contributed by atoms with E-state index in [2.05, 4.69) is 59.5 Å². The van der Waals surface area contributed by atoms with Crippen molar-refractivity contribution in [3.63, 3.8) is 0 Å². The largest absolute Gasteiger partial charge is 0.492 e. The summed E-state index contributed by atoms with van der Waals surface area (Å²) in [5.74, 6) is 1.04. The van der Waals surface area contributed by atoms with Crippen LogP contribution in [0.3, 0.4) is 0 Å². The zero-order chi connectivity index (χ0) is 17.8. The molecule has 3 nitrogen and oxygen atoms in total. The first-order valence-electron chi connectivity index (χ1n) is 9.46. The topological polar surface area (TPSA) is 29.5 Å². The van der Waals surface area contributed by atoms with E-state index >= 15 is 0 Å². The molecule has 0 aromatic heterocycles. The Morgan fingerprint density at radius 3 is 2.54 bits per heavy atom. The minimum Gasteiger partial charge on any atom is -0.492 e. The van der Waals surface area contributed by atoms with Gasteiger partial charge in [0.05, 0.1) is 6.61 Å². The molecule has 0 N–H and O–H groups in total. The van der Waals surface area contributed by atoms with E-state index in [9.17, 15) is 4.79 Å². The van der Waals surface area contributed by atoms with Crippen LogP contribution in [0.2, 0.25) is 0 Å². The first-order chi connectivity index (χ1) is 12.8. The van der Waals surface area contributed by atoms with Crippen molar-refractivity contribution in [2.24, 2.45) is 0 Å². The van der Waals surface area contributed by atoms with Crippen molar-refractivity contribution in [2.45, 2.75) is 24.7 Å². The molecule has 3 heteroatoms. The summed E-state index contributed by atoms with van der Waals surface area (Å²) in [5.41, 5.74) is 3.90. The van der Waals surface area contributed by atoms with Gasteiger partial charge in [0, 0.05) is 23.9 Å². The van der Waals surface area contributed by atoms with Crippen LogP contribution in [0.4, 0.5) is 0 Å². The zero-order valence-corrected chi connectivity index (χ0v) is 15.1. The monoisotopic (exact) mass is 347 g/mol. The Morgan fingerprint density at radius 1 is 1.00 bits per heavy atom.